The van der Waals surface area contributed by atoms with E-state index in [2.05, 4.69) is 10.3 Å². The Bertz CT molecular complexity index is 582. The molecule has 0 aliphatic heterocycles. The summed E-state index contributed by atoms with van der Waals surface area (Å²) < 4.78 is 26.2. The maximum absolute atomic E-state index is 13.3. The number of carbonyl (C=O) groups is 1. The van der Waals surface area contributed by atoms with Gasteiger partial charge in [0.05, 0.1) is 11.8 Å². The normalized spacial score (nSPS) is 10.1. The summed E-state index contributed by atoms with van der Waals surface area (Å²) in [6, 6.07) is 4.25. The van der Waals surface area contributed by atoms with Crippen molar-refractivity contribution in [1.82, 2.24) is 4.98 Å². The lowest BCUT2D eigenvalue weighted by atomic mass is 10.2. The lowest BCUT2D eigenvalue weighted by molar-refractivity contribution is 0.102. The van der Waals surface area contributed by atoms with Gasteiger partial charge in [0.2, 0.25) is 0 Å². The molecule has 6 heteroatoms. The van der Waals surface area contributed by atoms with E-state index in [1.165, 1.54) is 12.3 Å². The van der Waals surface area contributed by atoms with E-state index in [9.17, 15) is 13.6 Å². The van der Waals surface area contributed by atoms with Crippen molar-refractivity contribution in [2.75, 3.05) is 5.32 Å². The van der Waals surface area contributed by atoms with Gasteiger partial charge in [0.15, 0.2) is 5.82 Å². The molecule has 0 aliphatic rings. The van der Waals surface area contributed by atoms with E-state index in [0.29, 0.717) is 0 Å². The van der Waals surface area contributed by atoms with E-state index in [4.69, 9.17) is 5.11 Å². The van der Waals surface area contributed by atoms with Gasteiger partial charge >= 0.3 is 0 Å². The van der Waals surface area contributed by atoms with Crippen molar-refractivity contribution in [3.8, 4) is 5.75 Å². The number of hydrogen-bond acceptors (Lipinski definition) is 3. The van der Waals surface area contributed by atoms with Crippen molar-refractivity contribution >= 4 is 11.6 Å². The first kappa shape index (κ1) is 12.0. The topological polar surface area (TPSA) is 62.2 Å². The Labute approximate surface area is 101 Å². The van der Waals surface area contributed by atoms with Crippen molar-refractivity contribution in [3.63, 3.8) is 0 Å². The molecule has 18 heavy (non-hydrogen) atoms. The number of nitrogens with zero attached hydrogens (tertiary/aromatic N) is 1. The van der Waals surface area contributed by atoms with Gasteiger partial charge in [-0.05, 0) is 12.1 Å². The molecule has 2 N–H and O–H groups in total. The molecule has 1 aromatic heterocycles. The Hall–Kier alpha value is -2.50. The van der Waals surface area contributed by atoms with Gasteiger partial charge in [-0.3, -0.25) is 9.78 Å². The number of amides is 1. The van der Waals surface area contributed by atoms with Crippen LogP contribution in [0, 0.1) is 11.6 Å². The molecule has 0 aliphatic carbocycles. The largest absolute Gasteiger partial charge is 0.508 e. The fraction of sp³-hybridized carbons (Fsp3) is 0. The zero-order chi connectivity index (χ0) is 13.1. The maximum Gasteiger partial charge on any atom is 0.258 e. The number of carbonyl (C=O) groups excluding carboxylic acids is 1. The number of nitrogens with one attached hydrogen (secondary N) is 1. The van der Waals surface area contributed by atoms with Crippen molar-refractivity contribution in [1.29, 1.82) is 0 Å². The van der Waals surface area contributed by atoms with E-state index in [0.717, 1.165) is 24.4 Å². The summed E-state index contributed by atoms with van der Waals surface area (Å²) in [5, 5.41) is 11.4. The Morgan fingerprint density at radius 2 is 2.06 bits per heavy atom. The van der Waals surface area contributed by atoms with Crippen LogP contribution in [0.5, 0.6) is 5.75 Å². The SMILES string of the molecule is O=C(Nc1cc(O)cc(F)c1)c1ccncc1F. The molecule has 2 rings (SSSR count). The summed E-state index contributed by atoms with van der Waals surface area (Å²) in [7, 11) is 0. The van der Waals surface area contributed by atoms with Crippen LogP contribution in [-0.4, -0.2) is 16.0 Å². The van der Waals surface area contributed by atoms with E-state index < -0.39 is 17.5 Å². The summed E-state index contributed by atoms with van der Waals surface area (Å²) in [6.45, 7) is 0. The van der Waals surface area contributed by atoms with Crippen LogP contribution in [0.3, 0.4) is 0 Å². The first-order valence-electron chi connectivity index (χ1n) is 4.96. The average molecular weight is 250 g/mol. The Balaban J connectivity index is 2.24. The summed E-state index contributed by atoms with van der Waals surface area (Å²) in [4.78, 5) is 15.2. The molecule has 92 valence electrons. The maximum atomic E-state index is 13.3. The van der Waals surface area contributed by atoms with Crippen molar-refractivity contribution in [2.24, 2.45) is 0 Å². The minimum atomic E-state index is -0.782. The van der Waals surface area contributed by atoms with Crippen LogP contribution >= 0.6 is 0 Å². The highest BCUT2D eigenvalue weighted by Gasteiger charge is 2.12. The highest BCUT2D eigenvalue weighted by Crippen LogP contribution is 2.19. The third-order valence-corrected chi connectivity index (χ3v) is 2.16. The van der Waals surface area contributed by atoms with Gasteiger partial charge in [-0.1, -0.05) is 0 Å². The zero-order valence-electron chi connectivity index (χ0n) is 9.02. The van der Waals surface area contributed by atoms with Crippen LogP contribution < -0.4 is 5.32 Å². The third kappa shape index (κ3) is 2.60. The van der Waals surface area contributed by atoms with E-state index >= 15 is 0 Å². The lowest BCUT2D eigenvalue weighted by Crippen LogP contribution is -2.14. The van der Waals surface area contributed by atoms with Gasteiger partial charge in [-0.25, -0.2) is 8.78 Å². The molecule has 1 amide bonds. The monoisotopic (exact) mass is 250 g/mol. The highest BCUT2D eigenvalue weighted by molar-refractivity contribution is 6.04. The molecule has 4 nitrogen and oxygen atoms in total. The number of halogens is 2. The average Bonchev–Trinajstić information content (AvgIpc) is 2.27. The first-order valence-corrected chi connectivity index (χ1v) is 4.96. The number of aromatic hydroxyl groups is 1. The summed E-state index contributed by atoms with van der Waals surface area (Å²) in [5.41, 5.74) is -0.178. The summed E-state index contributed by atoms with van der Waals surface area (Å²) in [5.74, 6) is -2.57. The van der Waals surface area contributed by atoms with Crippen LogP contribution in [-0.2, 0) is 0 Å². The molecule has 0 fully saturated rings. The smallest absolute Gasteiger partial charge is 0.258 e. The van der Waals surface area contributed by atoms with Crippen LogP contribution in [0.15, 0.2) is 36.7 Å². The van der Waals surface area contributed by atoms with E-state index in [-0.39, 0.29) is 17.0 Å². The minimum Gasteiger partial charge on any atom is -0.508 e. The molecule has 0 saturated heterocycles. The van der Waals surface area contributed by atoms with Gasteiger partial charge in [0, 0.05) is 24.0 Å². The number of aromatic nitrogens is 1. The van der Waals surface area contributed by atoms with Crippen LogP contribution in [0.2, 0.25) is 0 Å². The van der Waals surface area contributed by atoms with Gasteiger partial charge in [0.25, 0.3) is 5.91 Å². The van der Waals surface area contributed by atoms with Crippen LogP contribution in [0.25, 0.3) is 0 Å². The Morgan fingerprint density at radius 3 is 2.72 bits per heavy atom. The second-order valence-corrected chi connectivity index (χ2v) is 3.51. The van der Waals surface area contributed by atoms with Gasteiger partial charge in [-0.15, -0.1) is 0 Å². The minimum absolute atomic E-state index is 0.0358. The number of rotatable bonds is 2. The molecule has 0 spiro atoms. The Kier molecular flexibility index (Phi) is 3.18. The van der Waals surface area contributed by atoms with Crippen molar-refractivity contribution < 1.29 is 18.7 Å². The number of phenolic OH excluding ortho intramolecular Hbond substituents is 1. The summed E-state index contributed by atoms with van der Waals surface area (Å²) >= 11 is 0. The van der Waals surface area contributed by atoms with Gasteiger partial charge in [-0.2, -0.15) is 0 Å². The van der Waals surface area contributed by atoms with Crippen molar-refractivity contribution in [3.05, 3.63) is 53.9 Å². The molecule has 0 saturated carbocycles. The zero-order valence-corrected chi connectivity index (χ0v) is 9.02. The standard InChI is InChI=1S/C12H8F2N2O2/c13-7-3-8(5-9(17)4-7)16-12(18)10-1-2-15-6-11(10)14/h1-6,17H,(H,16,18). The van der Waals surface area contributed by atoms with Gasteiger partial charge < -0.3 is 10.4 Å². The number of hydrogen-bond donors (Lipinski definition) is 2. The molecule has 0 atom stereocenters. The van der Waals surface area contributed by atoms with Crippen molar-refractivity contribution in [2.45, 2.75) is 0 Å². The Morgan fingerprint density at radius 1 is 1.28 bits per heavy atom. The molecule has 0 radical (unpaired) electrons. The molecule has 0 bridgehead atoms. The van der Waals surface area contributed by atoms with E-state index in [1.807, 2.05) is 0 Å². The first-order chi connectivity index (χ1) is 8.56. The predicted molar refractivity (Wildman–Crippen MR) is 60.2 cm³/mol. The molecular weight excluding hydrogens is 242 g/mol. The highest BCUT2D eigenvalue weighted by atomic mass is 19.1. The van der Waals surface area contributed by atoms with E-state index in [1.54, 1.807) is 0 Å². The van der Waals surface area contributed by atoms with Crippen LogP contribution in [0.1, 0.15) is 10.4 Å². The molecule has 2 aromatic rings. The van der Waals surface area contributed by atoms with Crippen LogP contribution in [0.4, 0.5) is 14.5 Å². The second-order valence-electron chi connectivity index (χ2n) is 3.51. The summed E-state index contributed by atoms with van der Waals surface area (Å²) in [6.07, 6.45) is 2.17. The molecule has 1 aromatic carbocycles. The lowest BCUT2D eigenvalue weighted by Gasteiger charge is -2.06. The number of phenols is 1. The second kappa shape index (κ2) is 4.79. The number of benzene rings is 1. The van der Waals surface area contributed by atoms with Gasteiger partial charge in [0.1, 0.15) is 11.6 Å². The predicted octanol–water partition coefficient (Wildman–Crippen LogP) is 2.32. The number of pyridine rings is 1. The fourth-order valence-electron chi connectivity index (χ4n) is 1.40. The molecule has 1 heterocycles. The quantitative estimate of drug-likeness (QED) is 0.859. The fourth-order valence-corrected chi connectivity index (χ4v) is 1.40. The molecule has 0 unspecified atom stereocenters. The molecular formula is C12H8F2N2O2. The number of anilines is 1. The third-order valence-electron chi connectivity index (χ3n) is 2.16.